The molecule has 0 atom stereocenters. The third kappa shape index (κ3) is 3.34. The molecular formula is C15H11Cl2Hf. The molecule has 0 unspecified atom stereocenters. The summed E-state index contributed by atoms with van der Waals surface area (Å²) in [5.74, 6) is 0. The summed E-state index contributed by atoms with van der Waals surface area (Å²) in [7, 11) is 9.92. The summed E-state index contributed by atoms with van der Waals surface area (Å²) >= 11 is -0.972. The molecule has 2 aromatic rings. The van der Waals surface area contributed by atoms with Crippen LogP contribution < -0.4 is 0 Å². The van der Waals surface area contributed by atoms with Crippen LogP contribution in [0, 0.1) is 6.42 Å². The third-order valence-electron chi connectivity index (χ3n) is 2.76. The molecule has 0 nitrogen and oxygen atoms in total. The number of fused-ring (bicyclic) bond motifs is 1. The third-order valence-corrected chi connectivity index (χ3v) is 2.76. The molecule has 0 aromatic heterocycles. The van der Waals surface area contributed by atoms with Gasteiger partial charge in [-0.1, -0.05) is 60.7 Å². The molecule has 0 bridgehead atoms. The number of hydrogen-bond donors (Lipinski definition) is 0. The second-order valence-corrected chi connectivity index (χ2v) is 8.96. The van der Waals surface area contributed by atoms with E-state index in [1.54, 1.807) is 0 Å². The Morgan fingerprint density at radius 3 is 2.28 bits per heavy atom. The maximum absolute atomic E-state index is 4.96. The van der Waals surface area contributed by atoms with Gasteiger partial charge in [0.2, 0.25) is 0 Å². The zero-order valence-electron chi connectivity index (χ0n) is 9.61. The van der Waals surface area contributed by atoms with Crippen molar-refractivity contribution in [1.82, 2.24) is 0 Å². The summed E-state index contributed by atoms with van der Waals surface area (Å²) in [6.07, 6.45) is 6.44. The van der Waals surface area contributed by atoms with Crippen LogP contribution in [-0.2, 0) is 20.5 Å². The fraction of sp³-hybridized carbons (Fsp3) is 0. The van der Waals surface area contributed by atoms with Crippen molar-refractivity contribution in [2.45, 2.75) is 0 Å². The molecule has 0 saturated heterocycles. The van der Waals surface area contributed by atoms with E-state index in [0.29, 0.717) is 0 Å². The molecule has 3 heteroatoms. The van der Waals surface area contributed by atoms with Crippen molar-refractivity contribution < 1.29 is 20.5 Å². The molecule has 0 amide bonds. The van der Waals surface area contributed by atoms with E-state index in [2.05, 4.69) is 67.1 Å². The van der Waals surface area contributed by atoms with E-state index in [4.69, 9.17) is 17.2 Å². The molecule has 2 aromatic carbocycles. The topological polar surface area (TPSA) is 0 Å². The Kier molecular flexibility index (Phi) is 5.68. The van der Waals surface area contributed by atoms with Gasteiger partial charge in [-0.3, -0.25) is 0 Å². The van der Waals surface area contributed by atoms with E-state index in [-0.39, 0.29) is 0 Å². The maximum atomic E-state index is 4.96. The second-order valence-electron chi connectivity index (χ2n) is 3.77. The predicted molar refractivity (Wildman–Crippen MR) is 76.0 cm³/mol. The number of hydrogen-bond acceptors (Lipinski definition) is 0. The number of rotatable bonds is 1. The van der Waals surface area contributed by atoms with Crippen molar-refractivity contribution in [2.75, 3.05) is 0 Å². The summed E-state index contributed by atoms with van der Waals surface area (Å²) in [4.78, 5) is 0. The van der Waals surface area contributed by atoms with Crippen molar-refractivity contribution in [2.24, 2.45) is 0 Å². The van der Waals surface area contributed by atoms with Crippen LogP contribution >= 0.6 is 17.2 Å². The van der Waals surface area contributed by atoms with Crippen LogP contribution in [0.25, 0.3) is 17.2 Å². The van der Waals surface area contributed by atoms with E-state index in [9.17, 15) is 0 Å². The van der Waals surface area contributed by atoms with Crippen molar-refractivity contribution in [3.8, 4) is 11.1 Å². The summed E-state index contributed by atoms with van der Waals surface area (Å²) in [5, 5.41) is 0. The molecule has 3 rings (SSSR count). The van der Waals surface area contributed by atoms with Crippen LogP contribution in [-0.4, -0.2) is 0 Å². The van der Waals surface area contributed by atoms with Gasteiger partial charge in [0.15, 0.2) is 0 Å². The van der Waals surface area contributed by atoms with Crippen molar-refractivity contribution >= 4 is 23.2 Å². The molecule has 0 aliphatic heterocycles. The normalized spacial score (nSPS) is 11.4. The zero-order valence-corrected chi connectivity index (χ0v) is 14.7. The first kappa shape index (κ1) is 14.0. The number of halogens is 2. The van der Waals surface area contributed by atoms with Crippen LogP contribution in [0.15, 0.2) is 54.6 Å². The van der Waals surface area contributed by atoms with Gasteiger partial charge in [0.25, 0.3) is 0 Å². The van der Waals surface area contributed by atoms with Crippen LogP contribution in [0.3, 0.4) is 0 Å². The number of allylic oxidation sites excluding steroid dienone is 1. The van der Waals surface area contributed by atoms with Gasteiger partial charge in [-0.15, -0.1) is 0 Å². The molecule has 18 heavy (non-hydrogen) atoms. The zero-order chi connectivity index (χ0) is 12.8. The molecule has 1 radical (unpaired) electrons. The van der Waals surface area contributed by atoms with Crippen LogP contribution in [0.1, 0.15) is 11.1 Å². The minimum absolute atomic E-state index is 0.972. The van der Waals surface area contributed by atoms with E-state index >= 15 is 0 Å². The van der Waals surface area contributed by atoms with Crippen LogP contribution in [0.5, 0.6) is 0 Å². The SMILES string of the molecule is [CH]1C=Cc2c1cccc2-c1ccccc1.[Cl][Hf][Cl]. The summed E-state index contributed by atoms with van der Waals surface area (Å²) in [6, 6.07) is 17.0. The molecule has 0 N–H and O–H groups in total. The van der Waals surface area contributed by atoms with Gasteiger partial charge in [-0.05, 0) is 22.3 Å². The second kappa shape index (κ2) is 7.28. The van der Waals surface area contributed by atoms with Gasteiger partial charge in [-0.25, -0.2) is 0 Å². The van der Waals surface area contributed by atoms with Crippen LogP contribution in [0.2, 0.25) is 0 Å². The average Bonchev–Trinajstić information content (AvgIpc) is 2.89. The molecule has 0 fully saturated rings. The standard InChI is InChI=1S/C15H11.2ClH.Hf/c1-2-6-12(7-3-1)14-10-4-8-13-9-5-11-15(13)14;;;/h1-11H;2*1H;/q;;;+2/p-2. The minimum atomic E-state index is -0.972. The quantitative estimate of drug-likeness (QED) is 0.527. The molecule has 1 aliphatic rings. The van der Waals surface area contributed by atoms with Gasteiger partial charge in [-0.2, -0.15) is 0 Å². The monoisotopic (exact) mass is 441 g/mol. The van der Waals surface area contributed by atoms with Gasteiger partial charge in [0.1, 0.15) is 0 Å². The Morgan fingerprint density at radius 1 is 0.833 bits per heavy atom. The molecule has 89 valence electrons. The predicted octanol–water partition coefficient (Wildman–Crippen LogP) is 5.31. The van der Waals surface area contributed by atoms with Crippen LogP contribution in [0.4, 0.5) is 0 Å². The Bertz CT molecular complexity index is 535. The van der Waals surface area contributed by atoms with E-state index in [1.165, 1.54) is 22.3 Å². The van der Waals surface area contributed by atoms with Crippen molar-refractivity contribution in [3.05, 3.63) is 72.2 Å². The van der Waals surface area contributed by atoms with Crippen molar-refractivity contribution in [3.63, 3.8) is 0 Å². The molecular weight excluding hydrogens is 430 g/mol. The Balaban J connectivity index is 0.000000367. The van der Waals surface area contributed by atoms with Gasteiger partial charge >= 0.3 is 37.7 Å². The molecule has 1 aliphatic carbocycles. The number of benzene rings is 2. The Labute approximate surface area is 126 Å². The fourth-order valence-electron chi connectivity index (χ4n) is 2.03. The fourth-order valence-corrected chi connectivity index (χ4v) is 2.03. The molecule has 0 heterocycles. The van der Waals surface area contributed by atoms with E-state index in [0.717, 1.165) is 0 Å². The summed E-state index contributed by atoms with van der Waals surface area (Å²) in [5.41, 5.74) is 5.26. The Hall–Kier alpha value is -0.370. The molecule has 0 saturated carbocycles. The first-order valence-electron chi connectivity index (χ1n) is 5.53. The van der Waals surface area contributed by atoms with Gasteiger partial charge in [0.05, 0.1) is 0 Å². The molecule has 0 spiro atoms. The first-order chi connectivity index (χ1) is 8.86. The van der Waals surface area contributed by atoms with E-state index < -0.39 is 20.5 Å². The van der Waals surface area contributed by atoms with Gasteiger partial charge < -0.3 is 0 Å². The summed E-state index contributed by atoms with van der Waals surface area (Å²) in [6.45, 7) is 0. The first-order valence-corrected chi connectivity index (χ1v) is 14.4. The summed E-state index contributed by atoms with van der Waals surface area (Å²) < 4.78 is 0. The average molecular weight is 441 g/mol. The van der Waals surface area contributed by atoms with Gasteiger partial charge in [0, 0.05) is 6.42 Å². The van der Waals surface area contributed by atoms with Crippen molar-refractivity contribution in [1.29, 1.82) is 0 Å². The Morgan fingerprint density at radius 2 is 1.56 bits per heavy atom. The van der Waals surface area contributed by atoms with E-state index in [1.807, 2.05) is 0 Å².